The van der Waals surface area contributed by atoms with Crippen molar-refractivity contribution in [1.29, 1.82) is 0 Å². The predicted molar refractivity (Wildman–Crippen MR) is 70.1 cm³/mol. The van der Waals surface area contributed by atoms with Crippen molar-refractivity contribution < 1.29 is 9.53 Å². The zero-order valence-corrected chi connectivity index (χ0v) is 11.9. The highest BCUT2D eigenvalue weighted by molar-refractivity contribution is 5.78. The van der Waals surface area contributed by atoms with E-state index in [-0.39, 0.29) is 6.10 Å². The highest BCUT2D eigenvalue weighted by Gasteiger charge is 2.34. The maximum atomic E-state index is 11.9. The highest BCUT2D eigenvalue weighted by Crippen LogP contribution is 2.25. The summed E-state index contributed by atoms with van der Waals surface area (Å²) in [5.41, 5.74) is 0. The topological polar surface area (TPSA) is 29.5 Å². The predicted octanol–water partition coefficient (Wildman–Crippen LogP) is 2.35. The molecular weight excluding hydrogens is 214 g/mol. The van der Waals surface area contributed by atoms with Gasteiger partial charge in [0.25, 0.3) is 0 Å². The van der Waals surface area contributed by atoms with Gasteiger partial charge in [0.1, 0.15) is 5.78 Å². The van der Waals surface area contributed by atoms with Crippen molar-refractivity contribution in [2.45, 2.75) is 52.7 Å². The maximum Gasteiger partial charge on any atom is 0.133 e. The Labute approximate surface area is 106 Å². The number of hydrogen-bond donors (Lipinski definition) is 0. The van der Waals surface area contributed by atoms with Crippen LogP contribution in [-0.2, 0) is 9.53 Å². The van der Waals surface area contributed by atoms with Gasteiger partial charge in [-0.05, 0) is 19.8 Å². The van der Waals surface area contributed by atoms with Crippen molar-refractivity contribution in [1.82, 2.24) is 4.90 Å². The molecule has 2 atom stereocenters. The molecule has 0 radical (unpaired) electrons. The molecule has 0 aromatic rings. The van der Waals surface area contributed by atoms with E-state index in [1.165, 1.54) is 0 Å². The summed E-state index contributed by atoms with van der Waals surface area (Å²) in [6, 6.07) is 0.540. The van der Waals surface area contributed by atoms with E-state index < -0.39 is 0 Å². The second-order valence-corrected chi connectivity index (χ2v) is 5.92. The number of ketones is 1. The average molecular weight is 241 g/mol. The molecule has 3 nitrogen and oxygen atoms in total. The first kappa shape index (κ1) is 14.7. The van der Waals surface area contributed by atoms with Crippen molar-refractivity contribution >= 4 is 5.78 Å². The van der Waals surface area contributed by atoms with Crippen LogP contribution in [0, 0.1) is 11.8 Å². The zero-order chi connectivity index (χ0) is 13.0. The first-order chi connectivity index (χ1) is 7.93. The third kappa shape index (κ3) is 4.40. The van der Waals surface area contributed by atoms with Crippen LogP contribution in [0.5, 0.6) is 0 Å². The SMILES string of the molecule is COC1CN(C(C)C)CC1CC(=O)CC(C)C. The highest BCUT2D eigenvalue weighted by atomic mass is 16.5. The number of hydrogen-bond acceptors (Lipinski definition) is 3. The van der Waals surface area contributed by atoms with Gasteiger partial charge in [-0.3, -0.25) is 9.69 Å². The molecule has 3 heteroatoms. The Morgan fingerprint density at radius 2 is 1.94 bits per heavy atom. The molecule has 1 heterocycles. The molecule has 0 aliphatic carbocycles. The molecule has 0 N–H and O–H groups in total. The van der Waals surface area contributed by atoms with E-state index in [1.807, 2.05) is 0 Å². The van der Waals surface area contributed by atoms with Crippen LogP contribution in [-0.4, -0.2) is 43.0 Å². The second kappa shape index (κ2) is 6.50. The van der Waals surface area contributed by atoms with Gasteiger partial charge in [0.15, 0.2) is 0 Å². The van der Waals surface area contributed by atoms with Crippen LogP contribution in [0.2, 0.25) is 0 Å². The van der Waals surface area contributed by atoms with Gasteiger partial charge in [-0.15, -0.1) is 0 Å². The minimum absolute atomic E-state index is 0.230. The molecule has 1 saturated heterocycles. The minimum Gasteiger partial charge on any atom is -0.380 e. The molecule has 0 spiro atoms. The summed E-state index contributed by atoms with van der Waals surface area (Å²) >= 11 is 0. The van der Waals surface area contributed by atoms with Gasteiger partial charge in [-0.1, -0.05) is 13.8 Å². The molecule has 2 unspecified atom stereocenters. The number of carbonyl (C=O) groups is 1. The van der Waals surface area contributed by atoms with Crippen molar-refractivity contribution in [2.75, 3.05) is 20.2 Å². The summed E-state index contributed by atoms with van der Waals surface area (Å²) in [6.45, 7) is 10.6. The van der Waals surface area contributed by atoms with Crippen molar-refractivity contribution in [2.24, 2.45) is 11.8 Å². The largest absolute Gasteiger partial charge is 0.380 e. The van der Waals surface area contributed by atoms with E-state index in [2.05, 4.69) is 32.6 Å². The Morgan fingerprint density at radius 3 is 2.41 bits per heavy atom. The van der Waals surface area contributed by atoms with Crippen LogP contribution in [0.3, 0.4) is 0 Å². The van der Waals surface area contributed by atoms with E-state index >= 15 is 0 Å². The third-order valence-corrected chi connectivity index (χ3v) is 3.57. The Hall–Kier alpha value is -0.410. The summed E-state index contributed by atoms with van der Waals surface area (Å²) in [5.74, 6) is 1.23. The summed E-state index contributed by atoms with van der Waals surface area (Å²) in [6.07, 6.45) is 1.61. The number of carbonyl (C=O) groups excluding carboxylic acids is 1. The molecule has 1 aliphatic heterocycles. The number of Topliss-reactive ketones (excluding diaryl/α,β-unsaturated/α-hetero) is 1. The molecule has 1 rings (SSSR count). The number of likely N-dealkylation sites (tertiary alicyclic amines) is 1. The summed E-state index contributed by atoms with van der Waals surface area (Å²) < 4.78 is 5.52. The van der Waals surface area contributed by atoms with Crippen LogP contribution in [0.4, 0.5) is 0 Å². The standard InChI is InChI=1S/C14H27NO2/c1-10(2)6-13(16)7-12-8-15(11(3)4)9-14(12)17-5/h10-12,14H,6-9H2,1-5H3. The van der Waals surface area contributed by atoms with E-state index in [1.54, 1.807) is 7.11 Å². The van der Waals surface area contributed by atoms with E-state index in [9.17, 15) is 4.79 Å². The van der Waals surface area contributed by atoms with Crippen molar-refractivity contribution in [3.63, 3.8) is 0 Å². The van der Waals surface area contributed by atoms with Crippen molar-refractivity contribution in [3.05, 3.63) is 0 Å². The molecule has 0 saturated carbocycles. The summed E-state index contributed by atoms with van der Waals surface area (Å²) in [4.78, 5) is 14.3. The van der Waals surface area contributed by atoms with Crippen molar-refractivity contribution in [3.8, 4) is 0 Å². The Bertz CT molecular complexity index is 251. The average Bonchev–Trinajstić information content (AvgIpc) is 2.59. The lowest BCUT2D eigenvalue weighted by atomic mass is 9.95. The van der Waals surface area contributed by atoms with Gasteiger partial charge in [0.05, 0.1) is 6.10 Å². The van der Waals surface area contributed by atoms with E-state index in [4.69, 9.17) is 4.74 Å². The van der Waals surface area contributed by atoms with Gasteiger partial charge in [0.2, 0.25) is 0 Å². The lowest BCUT2D eigenvalue weighted by molar-refractivity contribution is -0.121. The minimum atomic E-state index is 0.230. The lowest BCUT2D eigenvalue weighted by Crippen LogP contribution is -2.29. The summed E-state index contributed by atoms with van der Waals surface area (Å²) in [7, 11) is 1.76. The van der Waals surface area contributed by atoms with Gasteiger partial charge >= 0.3 is 0 Å². The first-order valence-electron chi connectivity index (χ1n) is 6.72. The third-order valence-electron chi connectivity index (χ3n) is 3.57. The normalized spacial score (nSPS) is 26.1. The number of methoxy groups -OCH3 is 1. The fraction of sp³-hybridized carbons (Fsp3) is 0.929. The molecule has 100 valence electrons. The quantitative estimate of drug-likeness (QED) is 0.715. The first-order valence-corrected chi connectivity index (χ1v) is 6.72. The smallest absolute Gasteiger partial charge is 0.133 e. The number of rotatable bonds is 6. The Kier molecular flexibility index (Phi) is 5.60. The fourth-order valence-corrected chi connectivity index (χ4v) is 2.59. The zero-order valence-electron chi connectivity index (χ0n) is 11.9. The molecule has 0 aromatic carbocycles. The van der Waals surface area contributed by atoms with E-state index in [0.717, 1.165) is 13.1 Å². The summed E-state index contributed by atoms with van der Waals surface area (Å²) in [5, 5.41) is 0. The van der Waals surface area contributed by atoms with Gasteiger partial charge in [-0.2, -0.15) is 0 Å². The monoisotopic (exact) mass is 241 g/mol. The maximum absolute atomic E-state index is 11.9. The molecule has 0 aromatic heterocycles. The second-order valence-electron chi connectivity index (χ2n) is 5.92. The number of nitrogens with zero attached hydrogens (tertiary/aromatic N) is 1. The van der Waals surface area contributed by atoms with Crippen LogP contribution in [0.15, 0.2) is 0 Å². The molecule has 0 bridgehead atoms. The van der Waals surface area contributed by atoms with Gasteiger partial charge in [-0.25, -0.2) is 0 Å². The van der Waals surface area contributed by atoms with Crippen LogP contribution in [0.1, 0.15) is 40.5 Å². The molecule has 1 aliphatic rings. The molecule has 17 heavy (non-hydrogen) atoms. The molecule has 1 fully saturated rings. The fourth-order valence-electron chi connectivity index (χ4n) is 2.59. The molecule has 0 amide bonds. The van der Waals surface area contributed by atoms with Crippen LogP contribution < -0.4 is 0 Å². The molecular formula is C14H27NO2. The van der Waals surface area contributed by atoms with Crippen LogP contribution in [0.25, 0.3) is 0 Å². The van der Waals surface area contributed by atoms with E-state index in [0.29, 0.717) is 36.5 Å². The number of ether oxygens (including phenoxy) is 1. The van der Waals surface area contributed by atoms with Gasteiger partial charge < -0.3 is 4.74 Å². The van der Waals surface area contributed by atoms with Crippen LogP contribution >= 0.6 is 0 Å². The Morgan fingerprint density at radius 1 is 1.29 bits per heavy atom. The van der Waals surface area contributed by atoms with Gasteiger partial charge in [0, 0.05) is 45.0 Å². The lowest BCUT2D eigenvalue weighted by Gasteiger charge is -2.19. The Balaban J connectivity index is 2.49.